The van der Waals surface area contributed by atoms with Crippen LogP contribution in [0.3, 0.4) is 0 Å². The average Bonchev–Trinajstić information content (AvgIpc) is 2.45. The van der Waals surface area contributed by atoms with Gasteiger partial charge in [0.1, 0.15) is 0 Å². The van der Waals surface area contributed by atoms with Crippen LogP contribution in [-0.2, 0) is 14.8 Å². The number of carbonyl (C=O) groups is 1. The summed E-state index contributed by atoms with van der Waals surface area (Å²) in [7, 11) is -3.60. The Hall–Kier alpha value is -1.44. The molecular weight excluding hydrogens is 304 g/mol. The van der Waals surface area contributed by atoms with Crippen LogP contribution in [0.25, 0.3) is 0 Å². The molecule has 0 spiro atoms. The van der Waals surface area contributed by atoms with Gasteiger partial charge in [0, 0.05) is 31.4 Å². The molecule has 2 N–H and O–H groups in total. The lowest BCUT2D eigenvalue weighted by molar-refractivity contribution is 0.0944. The second kappa shape index (κ2) is 8.87. The number of benzene rings is 1. The fourth-order valence-electron chi connectivity index (χ4n) is 1.81. The van der Waals surface area contributed by atoms with Crippen LogP contribution < -0.4 is 10.0 Å². The Bertz CT molecular complexity index is 585. The molecule has 1 aromatic carbocycles. The van der Waals surface area contributed by atoms with Gasteiger partial charge in [-0.1, -0.05) is 6.07 Å². The van der Waals surface area contributed by atoms with Crippen molar-refractivity contribution in [2.45, 2.75) is 38.1 Å². The molecule has 1 rings (SSSR count). The highest BCUT2D eigenvalue weighted by atomic mass is 32.2. The minimum Gasteiger partial charge on any atom is -0.382 e. The number of nitrogens with one attached hydrogen (secondary N) is 2. The highest BCUT2D eigenvalue weighted by molar-refractivity contribution is 7.89. The van der Waals surface area contributed by atoms with Gasteiger partial charge in [0.05, 0.1) is 4.90 Å². The van der Waals surface area contributed by atoms with Crippen molar-refractivity contribution in [3.05, 3.63) is 29.8 Å². The molecule has 1 amide bonds. The van der Waals surface area contributed by atoms with E-state index in [-0.39, 0.29) is 16.8 Å². The zero-order chi connectivity index (χ0) is 16.6. The Morgan fingerprint density at radius 3 is 2.68 bits per heavy atom. The van der Waals surface area contributed by atoms with Crippen molar-refractivity contribution in [2.24, 2.45) is 0 Å². The lowest BCUT2D eigenvalue weighted by Crippen LogP contribution is -2.30. The third kappa shape index (κ3) is 6.13. The molecule has 1 aromatic rings. The number of amides is 1. The molecule has 0 saturated carbocycles. The van der Waals surface area contributed by atoms with E-state index < -0.39 is 10.0 Å². The van der Waals surface area contributed by atoms with Gasteiger partial charge in [-0.15, -0.1) is 0 Å². The van der Waals surface area contributed by atoms with E-state index in [2.05, 4.69) is 10.0 Å². The van der Waals surface area contributed by atoms with Gasteiger partial charge >= 0.3 is 0 Å². The van der Waals surface area contributed by atoms with Gasteiger partial charge in [0.25, 0.3) is 5.91 Å². The third-order valence-corrected chi connectivity index (χ3v) is 4.41. The van der Waals surface area contributed by atoms with Gasteiger partial charge in [0.15, 0.2) is 0 Å². The molecule has 0 aliphatic rings. The number of hydrogen-bond donors (Lipinski definition) is 2. The van der Waals surface area contributed by atoms with Crippen LogP contribution in [0.4, 0.5) is 0 Å². The average molecular weight is 328 g/mol. The molecule has 0 aliphatic carbocycles. The van der Waals surface area contributed by atoms with Crippen molar-refractivity contribution in [1.82, 2.24) is 10.0 Å². The minimum absolute atomic E-state index is 0.0863. The predicted molar refractivity (Wildman–Crippen MR) is 85.3 cm³/mol. The van der Waals surface area contributed by atoms with E-state index in [0.29, 0.717) is 31.7 Å². The molecule has 22 heavy (non-hydrogen) atoms. The van der Waals surface area contributed by atoms with E-state index in [0.717, 1.165) is 0 Å². The highest BCUT2D eigenvalue weighted by Gasteiger charge is 2.17. The van der Waals surface area contributed by atoms with E-state index in [1.54, 1.807) is 26.0 Å². The first-order chi connectivity index (χ1) is 10.4. The first-order valence-electron chi connectivity index (χ1n) is 7.35. The van der Waals surface area contributed by atoms with Crippen molar-refractivity contribution >= 4 is 15.9 Å². The van der Waals surface area contributed by atoms with Crippen LogP contribution in [0, 0.1) is 0 Å². The van der Waals surface area contributed by atoms with Crippen molar-refractivity contribution in [1.29, 1.82) is 0 Å². The summed E-state index contributed by atoms with van der Waals surface area (Å²) in [6.45, 7) is 7.12. The Labute approximate surface area is 132 Å². The molecule has 0 radical (unpaired) electrons. The Morgan fingerprint density at radius 1 is 1.32 bits per heavy atom. The van der Waals surface area contributed by atoms with Gasteiger partial charge in [0.2, 0.25) is 10.0 Å². The molecule has 0 unspecified atom stereocenters. The molecule has 0 bridgehead atoms. The minimum atomic E-state index is -3.60. The largest absolute Gasteiger partial charge is 0.382 e. The third-order valence-electron chi connectivity index (χ3n) is 2.75. The fourth-order valence-corrected chi connectivity index (χ4v) is 3.10. The summed E-state index contributed by atoms with van der Waals surface area (Å²) in [4.78, 5) is 12.1. The molecule has 0 fully saturated rings. The molecule has 124 valence electrons. The van der Waals surface area contributed by atoms with Crippen molar-refractivity contribution in [3.63, 3.8) is 0 Å². The summed E-state index contributed by atoms with van der Waals surface area (Å²) in [5, 5.41) is 2.74. The first kappa shape index (κ1) is 18.6. The molecule has 0 saturated heterocycles. The maximum Gasteiger partial charge on any atom is 0.251 e. The zero-order valence-corrected chi connectivity index (χ0v) is 14.1. The van der Waals surface area contributed by atoms with E-state index >= 15 is 0 Å². The van der Waals surface area contributed by atoms with Crippen LogP contribution in [0.2, 0.25) is 0 Å². The zero-order valence-electron chi connectivity index (χ0n) is 13.3. The first-order valence-corrected chi connectivity index (χ1v) is 8.83. The smallest absolute Gasteiger partial charge is 0.251 e. The maximum atomic E-state index is 12.1. The monoisotopic (exact) mass is 328 g/mol. The summed E-state index contributed by atoms with van der Waals surface area (Å²) in [5.41, 5.74) is 0.322. The number of rotatable bonds is 9. The van der Waals surface area contributed by atoms with Crippen molar-refractivity contribution < 1.29 is 17.9 Å². The SMILES string of the molecule is CCOCCCNC(=O)c1cccc(S(=O)(=O)NC(C)C)c1. The predicted octanol–water partition coefficient (Wildman–Crippen LogP) is 1.53. The highest BCUT2D eigenvalue weighted by Crippen LogP contribution is 2.12. The van der Waals surface area contributed by atoms with E-state index in [9.17, 15) is 13.2 Å². The van der Waals surface area contributed by atoms with Crippen LogP contribution in [0.5, 0.6) is 0 Å². The molecule has 0 aromatic heterocycles. The van der Waals surface area contributed by atoms with Gasteiger partial charge in [-0.2, -0.15) is 0 Å². The Kier molecular flexibility index (Phi) is 7.50. The quantitative estimate of drug-likeness (QED) is 0.673. The lowest BCUT2D eigenvalue weighted by atomic mass is 10.2. The number of hydrogen-bond acceptors (Lipinski definition) is 4. The van der Waals surface area contributed by atoms with Gasteiger partial charge < -0.3 is 10.1 Å². The maximum absolute atomic E-state index is 12.1. The van der Waals surface area contributed by atoms with Gasteiger partial charge in [-0.3, -0.25) is 4.79 Å². The van der Waals surface area contributed by atoms with Crippen molar-refractivity contribution in [2.75, 3.05) is 19.8 Å². The van der Waals surface area contributed by atoms with E-state index in [1.165, 1.54) is 12.1 Å². The Balaban J connectivity index is 2.69. The van der Waals surface area contributed by atoms with Crippen LogP contribution >= 0.6 is 0 Å². The normalized spacial score (nSPS) is 11.6. The summed E-state index contributed by atoms with van der Waals surface area (Å²) in [5.74, 6) is -0.293. The standard InChI is InChI=1S/C15H24N2O4S/c1-4-21-10-6-9-16-15(18)13-7-5-8-14(11-13)22(19,20)17-12(2)3/h5,7-8,11-12,17H,4,6,9-10H2,1-3H3,(H,16,18). The fraction of sp³-hybridized carbons (Fsp3) is 0.533. The second-order valence-electron chi connectivity index (χ2n) is 5.11. The van der Waals surface area contributed by atoms with Crippen LogP contribution in [-0.4, -0.2) is 40.1 Å². The van der Waals surface area contributed by atoms with E-state index in [4.69, 9.17) is 4.74 Å². The molecule has 6 nitrogen and oxygen atoms in total. The van der Waals surface area contributed by atoms with Crippen LogP contribution in [0.1, 0.15) is 37.6 Å². The van der Waals surface area contributed by atoms with Gasteiger partial charge in [-0.25, -0.2) is 13.1 Å². The molecule has 7 heteroatoms. The van der Waals surface area contributed by atoms with Crippen LogP contribution in [0.15, 0.2) is 29.2 Å². The summed E-state index contributed by atoms with van der Waals surface area (Å²) < 4.78 is 31.9. The number of ether oxygens (including phenoxy) is 1. The summed E-state index contributed by atoms with van der Waals surface area (Å²) in [6.07, 6.45) is 0.715. The summed E-state index contributed by atoms with van der Waals surface area (Å²) in [6, 6.07) is 5.79. The number of carbonyl (C=O) groups excluding carboxylic acids is 1. The lowest BCUT2D eigenvalue weighted by Gasteiger charge is -2.11. The topological polar surface area (TPSA) is 84.5 Å². The molecule has 0 aliphatic heterocycles. The molecule has 0 atom stereocenters. The Morgan fingerprint density at radius 2 is 2.05 bits per heavy atom. The van der Waals surface area contributed by atoms with Gasteiger partial charge in [-0.05, 0) is 45.4 Å². The van der Waals surface area contributed by atoms with Crippen molar-refractivity contribution in [3.8, 4) is 0 Å². The van der Waals surface area contributed by atoms with E-state index in [1.807, 2.05) is 6.92 Å². The second-order valence-corrected chi connectivity index (χ2v) is 6.82. The molecule has 0 heterocycles. The summed E-state index contributed by atoms with van der Waals surface area (Å²) >= 11 is 0. The number of sulfonamides is 1. The molecular formula is C15H24N2O4S.